The van der Waals surface area contributed by atoms with Crippen LogP contribution in [0, 0.1) is 0 Å². The van der Waals surface area contributed by atoms with Gasteiger partial charge in [0.1, 0.15) is 11.5 Å². The third kappa shape index (κ3) is 3.37. The summed E-state index contributed by atoms with van der Waals surface area (Å²) in [7, 11) is -3.86. The summed E-state index contributed by atoms with van der Waals surface area (Å²) in [5.41, 5.74) is -0.870. The molecule has 0 saturated carbocycles. The monoisotopic (exact) mass is 366 g/mol. The van der Waals surface area contributed by atoms with Crippen molar-refractivity contribution in [2.45, 2.75) is 29.8 Å². The van der Waals surface area contributed by atoms with Gasteiger partial charge in [-0.1, -0.05) is 0 Å². The molecule has 1 aromatic carbocycles. The van der Waals surface area contributed by atoms with E-state index >= 15 is 0 Å². The summed E-state index contributed by atoms with van der Waals surface area (Å²) >= 11 is 0. The maximum Gasteiger partial charge on any atom is 0.573 e. The van der Waals surface area contributed by atoms with Crippen LogP contribution in [-0.4, -0.2) is 51.1 Å². The third-order valence-corrected chi connectivity index (χ3v) is 6.11. The Balaban J connectivity index is 1.85. The highest BCUT2D eigenvalue weighted by Crippen LogP contribution is 2.37. The van der Waals surface area contributed by atoms with Crippen LogP contribution in [0.3, 0.4) is 0 Å². The molecule has 0 unspecified atom stereocenters. The quantitative estimate of drug-likeness (QED) is 0.882. The lowest BCUT2D eigenvalue weighted by atomic mass is 10.0. The number of hydrogen-bond acceptors (Lipinski definition) is 5. The van der Waals surface area contributed by atoms with E-state index in [1.165, 1.54) is 4.31 Å². The van der Waals surface area contributed by atoms with Gasteiger partial charge in [0.15, 0.2) is 0 Å². The van der Waals surface area contributed by atoms with Gasteiger partial charge < -0.3 is 14.8 Å². The number of nitrogens with one attached hydrogen (secondary N) is 1. The molecule has 2 aliphatic heterocycles. The van der Waals surface area contributed by atoms with Crippen molar-refractivity contribution >= 4 is 10.0 Å². The van der Waals surface area contributed by atoms with E-state index < -0.39 is 27.9 Å². The average Bonchev–Trinajstić information content (AvgIpc) is 2.91. The average molecular weight is 366 g/mol. The third-order valence-electron chi connectivity index (χ3n) is 4.15. The lowest BCUT2D eigenvalue weighted by Crippen LogP contribution is -2.53. The summed E-state index contributed by atoms with van der Waals surface area (Å²) in [6, 6.07) is 4.21. The van der Waals surface area contributed by atoms with Crippen LogP contribution < -0.4 is 10.1 Å². The lowest BCUT2D eigenvalue weighted by Gasteiger charge is -2.39. The standard InChI is InChI=1S/C14H17F3N2O4S/c15-14(16,17)23-11-1-3-12(4-2-11)24(20,21)19-9-10-22-13(19)5-7-18-8-6-13/h1-4,18H,5-10H2. The van der Waals surface area contributed by atoms with E-state index in [-0.39, 0.29) is 11.4 Å². The van der Waals surface area contributed by atoms with Gasteiger partial charge in [0.25, 0.3) is 0 Å². The lowest BCUT2D eigenvalue weighted by molar-refractivity contribution is -0.274. The van der Waals surface area contributed by atoms with Crippen LogP contribution in [0.25, 0.3) is 0 Å². The molecular weight excluding hydrogens is 349 g/mol. The van der Waals surface area contributed by atoms with Crippen LogP contribution in [0.4, 0.5) is 13.2 Å². The first kappa shape index (κ1) is 17.5. The van der Waals surface area contributed by atoms with Gasteiger partial charge in [-0.2, -0.15) is 4.31 Å². The zero-order valence-electron chi connectivity index (χ0n) is 12.7. The van der Waals surface area contributed by atoms with E-state index in [1.54, 1.807) is 0 Å². The van der Waals surface area contributed by atoms with Crippen LogP contribution in [0.15, 0.2) is 29.2 Å². The highest BCUT2D eigenvalue weighted by atomic mass is 32.2. The fraction of sp³-hybridized carbons (Fsp3) is 0.571. The van der Waals surface area contributed by atoms with Gasteiger partial charge in [0.2, 0.25) is 10.0 Å². The molecular formula is C14H17F3N2O4S. The first-order valence-corrected chi connectivity index (χ1v) is 8.90. The molecule has 2 heterocycles. The van der Waals surface area contributed by atoms with Crippen molar-refractivity contribution in [1.82, 2.24) is 9.62 Å². The predicted octanol–water partition coefficient (Wildman–Crippen LogP) is 1.69. The zero-order valence-corrected chi connectivity index (χ0v) is 13.5. The molecule has 10 heteroatoms. The van der Waals surface area contributed by atoms with Crippen molar-refractivity contribution in [1.29, 1.82) is 0 Å². The minimum absolute atomic E-state index is 0.0829. The molecule has 24 heavy (non-hydrogen) atoms. The number of alkyl halides is 3. The van der Waals surface area contributed by atoms with Crippen LogP contribution in [0.5, 0.6) is 5.75 Å². The van der Waals surface area contributed by atoms with Gasteiger partial charge in [-0.05, 0) is 37.4 Å². The molecule has 0 aromatic heterocycles. The fourth-order valence-corrected chi connectivity index (χ4v) is 4.81. The summed E-state index contributed by atoms with van der Waals surface area (Å²) in [6.07, 6.45) is -3.76. The molecule has 2 saturated heterocycles. The maximum absolute atomic E-state index is 12.9. The van der Waals surface area contributed by atoms with Crippen molar-refractivity contribution < 1.29 is 31.1 Å². The normalized spacial score (nSPS) is 22.0. The number of halogens is 3. The van der Waals surface area contributed by atoms with Crippen molar-refractivity contribution in [3.05, 3.63) is 24.3 Å². The van der Waals surface area contributed by atoms with Crippen molar-refractivity contribution in [3.8, 4) is 5.75 Å². The molecule has 0 aliphatic carbocycles. The molecule has 134 valence electrons. The van der Waals surface area contributed by atoms with E-state index in [1.807, 2.05) is 0 Å². The zero-order chi connectivity index (χ0) is 17.4. The number of rotatable bonds is 3. The van der Waals surface area contributed by atoms with Gasteiger partial charge in [-0.25, -0.2) is 8.42 Å². The minimum Gasteiger partial charge on any atom is -0.406 e. The Kier molecular flexibility index (Phi) is 4.49. The number of sulfonamides is 1. The second-order valence-corrected chi connectivity index (χ2v) is 7.50. The first-order valence-electron chi connectivity index (χ1n) is 7.46. The van der Waals surface area contributed by atoms with Gasteiger partial charge in [-0.15, -0.1) is 13.2 Å². The van der Waals surface area contributed by atoms with Crippen LogP contribution in [-0.2, 0) is 14.8 Å². The number of nitrogens with zero attached hydrogens (tertiary/aromatic N) is 1. The van der Waals surface area contributed by atoms with Gasteiger partial charge in [0, 0.05) is 19.4 Å². The minimum atomic E-state index is -4.82. The Hall–Kier alpha value is -1.36. The maximum atomic E-state index is 12.9. The van der Waals surface area contributed by atoms with E-state index in [2.05, 4.69) is 10.1 Å². The van der Waals surface area contributed by atoms with Crippen molar-refractivity contribution in [2.24, 2.45) is 0 Å². The second kappa shape index (κ2) is 6.17. The van der Waals surface area contributed by atoms with E-state index in [0.29, 0.717) is 32.5 Å². The molecule has 1 spiro atoms. The predicted molar refractivity (Wildman–Crippen MR) is 77.8 cm³/mol. The summed E-state index contributed by atoms with van der Waals surface area (Å²) in [6.45, 7) is 1.81. The van der Waals surface area contributed by atoms with E-state index in [4.69, 9.17) is 4.74 Å². The molecule has 0 bridgehead atoms. The van der Waals surface area contributed by atoms with Gasteiger partial charge >= 0.3 is 6.36 Å². The number of piperidine rings is 1. The highest BCUT2D eigenvalue weighted by molar-refractivity contribution is 7.89. The first-order chi connectivity index (χ1) is 11.2. The summed E-state index contributed by atoms with van der Waals surface area (Å²) in [5.74, 6) is -0.462. The van der Waals surface area contributed by atoms with Gasteiger partial charge in [0.05, 0.1) is 11.5 Å². The Labute approximate surface area is 137 Å². The van der Waals surface area contributed by atoms with Gasteiger partial charge in [-0.3, -0.25) is 0 Å². The van der Waals surface area contributed by atoms with Crippen LogP contribution >= 0.6 is 0 Å². The Bertz CT molecular complexity index is 685. The molecule has 1 aromatic rings. The smallest absolute Gasteiger partial charge is 0.406 e. The fourth-order valence-electron chi connectivity index (χ4n) is 3.09. The Morgan fingerprint density at radius 3 is 2.38 bits per heavy atom. The SMILES string of the molecule is O=S(=O)(c1ccc(OC(F)(F)F)cc1)N1CCOC12CCNCC2. The molecule has 0 atom stereocenters. The van der Waals surface area contributed by atoms with E-state index in [9.17, 15) is 21.6 Å². The molecule has 0 amide bonds. The topological polar surface area (TPSA) is 67.9 Å². The number of benzene rings is 1. The van der Waals surface area contributed by atoms with Crippen molar-refractivity contribution in [2.75, 3.05) is 26.2 Å². The second-order valence-electron chi connectivity index (χ2n) is 5.64. The number of hydrogen-bond donors (Lipinski definition) is 1. The van der Waals surface area contributed by atoms with E-state index in [0.717, 1.165) is 24.3 Å². The van der Waals surface area contributed by atoms with Crippen LogP contribution in [0.1, 0.15) is 12.8 Å². The molecule has 0 radical (unpaired) electrons. The Morgan fingerprint density at radius 2 is 1.79 bits per heavy atom. The number of ether oxygens (including phenoxy) is 2. The summed E-state index contributed by atoms with van der Waals surface area (Å²) < 4.78 is 73.1. The molecule has 3 rings (SSSR count). The molecule has 2 aliphatic rings. The summed E-state index contributed by atoms with van der Waals surface area (Å²) in [5, 5.41) is 3.15. The Morgan fingerprint density at radius 1 is 1.17 bits per heavy atom. The molecule has 6 nitrogen and oxygen atoms in total. The molecule has 2 fully saturated rings. The largest absolute Gasteiger partial charge is 0.573 e. The van der Waals surface area contributed by atoms with Crippen LogP contribution in [0.2, 0.25) is 0 Å². The molecule has 1 N–H and O–H groups in total. The summed E-state index contributed by atoms with van der Waals surface area (Å²) in [4.78, 5) is -0.0829. The van der Waals surface area contributed by atoms with Crippen molar-refractivity contribution in [3.63, 3.8) is 0 Å². The highest BCUT2D eigenvalue weighted by Gasteiger charge is 2.49.